The Morgan fingerprint density at radius 1 is 1.40 bits per heavy atom. The van der Waals surface area contributed by atoms with Gasteiger partial charge in [0, 0.05) is 23.9 Å². The van der Waals surface area contributed by atoms with Crippen molar-refractivity contribution in [1.82, 2.24) is 4.90 Å². The number of hydrogen-bond acceptors (Lipinski definition) is 3. The second kappa shape index (κ2) is 5.71. The molecule has 0 bridgehead atoms. The number of hydrogen-bond donors (Lipinski definition) is 1. The fourth-order valence-corrected chi connectivity index (χ4v) is 3.55. The zero-order valence-corrected chi connectivity index (χ0v) is 12.7. The molecule has 2 atom stereocenters. The molecule has 1 amide bonds. The quantitative estimate of drug-likeness (QED) is 0.915. The number of likely N-dealkylation sites (tertiary alicyclic amines) is 1. The van der Waals surface area contributed by atoms with E-state index in [1.807, 2.05) is 19.1 Å². The average molecular weight is 317 g/mol. The molecule has 7 heteroatoms. The zero-order chi connectivity index (χ0) is 14.9. The number of benzene rings is 1. The van der Waals surface area contributed by atoms with Crippen molar-refractivity contribution in [2.45, 2.75) is 19.4 Å². The van der Waals surface area contributed by atoms with Crippen LogP contribution < -0.4 is 5.14 Å². The molecule has 0 spiro atoms. The Balaban J connectivity index is 2.09. The van der Waals surface area contributed by atoms with Crippen LogP contribution in [0.25, 0.3) is 0 Å². The lowest BCUT2D eigenvalue weighted by molar-refractivity contribution is -0.129. The van der Waals surface area contributed by atoms with Gasteiger partial charge in [0.15, 0.2) is 0 Å². The summed E-state index contributed by atoms with van der Waals surface area (Å²) >= 11 is 5.84. The lowest BCUT2D eigenvalue weighted by Crippen LogP contribution is -2.30. The molecular weight excluding hydrogens is 300 g/mol. The van der Waals surface area contributed by atoms with Crippen LogP contribution in [0, 0.1) is 5.92 Å². The molecule has 2 unspecified atom stereocenters. The van der Waals surface area contributed by atoms with E-state index < -0.39 is 10.0 Å². The third-order valence-corrected chi connectivity index (χ3v) is 4.71. The molecule has 1 fully saturated rings. The van der Waals surface area contributed by atoms with E-state index in [9.17, 15) is 13.2 Å². The second-order valence-electron chi connectivity index (χ2n) is 5.17. The molecule has 1 saturated heterocycles. The molecule has 0 saturated carbocycles. The number of nitrogens with zero attached hydrogens (tertiary/aromatic N) is 1. The minimum atomic E-state index is -3.55. The summed E-state index contributed by atoms with van der Waals surface area (Å²) in [6, 6.07) is 7.18. The fraction of sp³-hybridized carbons (Fsp3) is 0.462. The number of primary sulfonamides is 1. The third-order valence-electron chi connectivity index (χ3n) is 3.53. The van der Waals surface area contributed by atoms with Crippen molar-refractivity contribution in [3.63, 3.8) is 0 Å². The summed E-state index contributed by atoms with van der Waals surface area (Å²) in [7, 11) is -3.55. The van der Waals surface area contributed by atoms with Gasteiger partial charge in [-0.25, -0.2) is 13.6 Å². The number of halogens is 1. The molecule has 0 aliphatic carbocycles. The van der Waals surface area contributed by atoms with Crippen LogP contribution in [0.1, 0.15) is 24.9 Å². The Morgan fingerprint density at radius 2 is 2.00 bits per heavy atom. The zero-order valence-electron chi connectivity index (χ0n) is 11.1. The van der Waals surface area contributed by atoms with Gasteiger partial charge in [0.1, 0.15) is 0 Å². The van der Waals surface area contributed by atoms with E-state index in [-0.39, 0.29) is 30.0 Å². The fourth-order valence-electron chi connectivity index (χ4n) is 2.54. The lowest BCUT2D eigenvalue weighted by Gasteiger charge is -2.25. The van der Waals surface area contributed by atoms with Crippen molar-refractivity contribution in [3.05, 3.63) is 34.9 Å². The number of sulfonamides is 1. The van der Waals surface area contributed by atoms with Crippen LogP contribution in [-0.2, 0) is 14.8 Å². The van der Waals surface area contributed by atoms with Crippen LogP contribution in [-0.4, -0.2) is 31.5 Å². The highest BCUT2D eigenvalue weighted by molar-refractivity contribution is 7.89. The molecular formula is C13H17ClN2O3S. The van der Waals surface area contributed by atoms with Gasteiger partial charge >= 0.3 is 0 Å². The molecule has 1 heterocycles. The maximum atomic E-state index is 12.0. The average Bonchev–Trinajstić information content (AvgIpc) is 2.67. The highest BCUT2D eigenvalue weighted by Crippen LogP contribution is 2.29. The molecule has 1 aromatic carbocycles. The first-order valence-corrected chi connectivity index (χ1v) is 8.41. The minimum Gasteiger partial charge on any atom is -0.336 e. The van der Waals surface area contributed by atoms with Crippen LogP contribution in [0.5, 0.6) is 0 Å². The van der Waals surface area contributed by atoms with E-state index >= 15 is 0 Å². The van der Waals surface area contributed by atoms with Crippen molar-refractivity contribution in [3.8, 4) is 0 Å². The Hall–Kier alpha value is -1.11. The Bertz CT molecular complexity index is 601. The van der Waals surface area contributed by atoms with E-state index in [2.05, 4.69) is 0 Å². The maximum Gasteiger partial charge on any atom is 0.223 e. The largest absolute Gasteiger partial charge is 0.336 e. The SMILES string of the molecule is CC(c1ccc(Cl)cc1)N1CC(CS(N)(=O)=O)CC1=O. The van der Waals surface area contributed by atoms with E-state index in [0.717, 1.165) is 5.56 Å². The number of carbonyl (C=O) groups excluding carboxylic acids is 1. The lowest BCUT2D eigenvalue weighted by atomic mass is 10.1. The van der Waals surface area contributed by atoms with Crippen molar-refractivity contribution in [2.75, 3.05) is 12.3 Å². The van der Waals surface area contributed by atoms with Gasteiger partial charge in [-0.15, -0.1) is 0 Å². The van der Waals surface area contributed by atoms with Gasteiger partial charge < -0.3 is 4.90 Å². The molecule has 2 N–H and O–H groups in total. The summed E-state index contributed by atoms with van der Waals surface area (Å²) in [4.78, 5) is 13.7. The number of nitrogens with two attached hydrogens (primary N) is 1. The van der Waals surface area contributed by atoms with Gasteiger partial charge in [0.25, 0.3) is 0 Å². The molecule has 110 valence electrons. The van der Waals surface area contributed by atoms with Gasteiger partial charge in [-0.1, -0.05) is 23.7 Å². The number of amides is 1. The summed E-state index contributed by atoms with van der Waals surface area (Å²) in [5.74, 6) is -0.420. The second-order valence-corrected chi connectivity index (χ2v) is 7.27. The molecule has 0 radical (unpaired) electrons. The standard InChI is InChI=1S/C13H17ClN2O3S/c1-9(11-2-4-12(14)5-3-11)16-7-10(6-13(16)17)8-20(15,18)19/h2-5,9-10H,6-8H2,1H3,(H2,15,18,19). The summed E-state index contributed by atoms with van der Waals surface area (Å²) in [6.07, 6.45) is 0.231. The van der Waals surface area contributed by atoms with Gasteiger partial charge in [0.2, 0.25) is 15.9 Å². The van der Waals surface area contributed by atoms with E-state index in [0.29, 0.717) is 11.6 Å². The molecule has 1 aliphatic heterocycles. The van der Waals surface area contributed by atoms with Crippen LogP contribution in [0.2, 0.25) is 5.02 Å². The minimum absolute atomic E-state index is 0.0406. The van der Waals surface area contributed by atoms with Gasteiger partial charge in [-0.3, -0.25) is 4.79 Å². The molecule has 5 nitrogen and oxygen atoms in total. The Labute approximate surface area is 123 Å². The van der Waals surface area contributed by atoms with Crippen LogP contribution in [0.3, 0.4) is 0 Å². The van der Waals surface area contributed by atoms with E-state index in [4.69, 9.17) is 16.7 Å². The number of rotatable bonds is 4. The van der Waals surface area contributed by atoms with E-state index in [1.165, 1.54) is 0 Å². The van der Waals surface area contributed by atoms with Gasteiger partial charge in [-0.05, 0) is 24.6 Å². The predicted molar refractivity (Wildman–Crippen MR) is 77.7 cm³/mol. The van der Waals surface area contributed by atoms with Crippen molar-refractivity contribution in [2.24, 2.45) is 11.1 Å². The van der Waals surface area contributed by atoms with Crippen LogP contribution in [0.15, 0.2) is 24.3 Å². The molecule has 20 heavy (non-hydrogen) atoms. The molecule has 1 aliphatic rings. The summed E-state index contributed by atoms with van der Waals surface area (Å²) < 4.78 is 22.2. The smallest absolute Gasteiger partial charge is 0.223 e. The van der Waals surface area contributed by atoms with Crippen LogP contribution >= 0.6 is 11.6 Å². The summed E-state index contributed by atoms with van der Waals surface area (Å²) in [5, 5.41) is 5.68. The summed E-state index contributed by atoms with van der Waals surface area (Å²) in [6.45, 7) is 2.33. The van der Waals surface area contributed by atoms with Gasteiger partial charge in [0.05, 0.1) is 11.8 Å². The first-order valence-electron chi connectivity index (χ1n) is 6.31. The molecule has 0 aromatic heterocycles. The Kier molecular flexibility index (Phi) is 4.36. The maximum absolute atomic E-state index is 12.0. The van der Waals surface area contributed by atoms with Crippen molar-refractivity contribution < 1.29 is 13.2 Å². The van der Waals surface area contributed by atoms with Gasteiger partial charge in [-0.2, -0.15) is 0 Å². The molecule has 1 aromatic rings. The van der Waals surface area contributed by atoms with Crippen LogP contribution in [0.4, 0.5) is 0 Å². The number of carbonyl (C=O) groups is 1. The highest BCUT2D eigenvalue weighted by Gasteiger charge is 2.34. The first kappa shape index (κ1) is 15.3. The van der Waals surface area contributed by atoms with E-state index in [1.54, 1.807) is 17.0 Å². The third kappa shape index (κ3) is 3.71. The monoisotopic (exact) mass is 316 g/mol. The normalized spacial score (nSPS) is 21.2. The van der Waals surface area contributed by atoms with Crippen molar-refractivity contribution in [1.29, 1.82) is 0 Å². The first-order chi connectivity index (χ1) is 9.26. The summed E-state index contributed by atoms with van der Waals surface area (Å²) in [5.41, 5.74) is 0.971. The Morgan fingerprint density at radius 3 is 2.55 bits per heavy atom. The van der Waals surface area contributed by atoms with Crippen molar-refractivity contribution >= 4 is 27.5 Å². The topological polar surface area (TPSA) is 80.5 Å². The molecule has 2 rings (SSSR count). The predicted octanol–water partition coefficient (Wildman–Crippen LogP) is 1.54. The highest BCUT2D eigenvalue weighted by atomic mass is 35.5.